The fraction of sp³-hybridized carbons (Fsp3) is 0.562. The van der Waals surface area contributed by atoms with Crippen molar-refractivity contribution in [2.75, 3.05) is 20.2 Å². The summed E-state index contributed by atoms with van der Waals surface area (Å²) in [7, 11) is 1.99. The standard InChI is InChI=1S/C16H24N2O2/c1-11(2)9-18-16(19)10-20-13-5-6-14-12(8-13)4-7-15(14)17-3/h5-6,8,11,15,17H,4,7,9-10H2,1-3H3,(H,18,19). The van der Waals surface area contributed by atoms with Gasteiger partial charge in [0.25, 0.3) is 5.91 Å². The maximum atomic E-state index is 11.6. The maximum Gasteiger partial charge on any atom is 0.257 e. The molecule has 2 rings (SSSR count). The number of amides is 1. The van der Waals surface area contributed by atoms with Gasteiger partial charge in [0, 0.05) is 12.6 Å². The number of aryl methyl sites for hydroxylation is 1. The van der Waals surface area contributed by atoms with Gasteiger partial charge >= 0.3 is 0 Å². The molecule has 4 nitrogen and oxygen atoms in total. The van der Waals surface area contributed by atoms with Crippen LogP contribution in [0, 0.1) is 5.92 Å². The van der Waals surface area contributed by atoms with E-state index in [1.54, 1.807) is 0 Å². The quantitative estimate of drug-likeness (QED) is 0.836. The second kappa shape index (κ2) is 6.75. The van der Waals surface area contributed by atoms with E-state index in [0.29, 0.717) is 18.5 Å². The van der Waals surface area contributed by atoms with Gasteiger partial charge in [0.1, 0.15) is 5.75 Å². The van der Waals surface area contributed by atoms with Crippen LogP contribution in [-0.2, 0) is 11.2 Å². The molecule has 0 fully saturated rings. The number of carbonyl (C=O) groups is 1. The van der Waals surface area contributed by atoms with Gasteiger partial charge in [-0.2, -0.15) is 0 Å². The SMILES string of the molecule is CNC1CCc2cc(OCC(=O)NCC(C)C)ccc21. The molecule has 0 spiro atoms. The van der Waals surface area contributed by atoms with Crippen molar-refractivity contribution < 1.29 is 9.53 Å². The van der Waals surface area contributed by atoms with E-state index in [-0.39, 0.29) is 12.5 Å². The highest BCUT2D eigenvalue weighted by atomic mass is 16.5. The third kappa shape index (κ3) is 3.73. The highest BCUT2D eigenvalue weighted by Crippen LogP contribution is 2.33. The Morgan fingerprint density at radius 2 is 2.25 bits per heavy atom. The van der Waals surface area contributed by atoms with E-state index in [2.05, 4.69) is 36.6 Å². The first-order chi connectivity index (χ1) is 9.60. The smallest absolute Gasteiger partial charge is 0.257 e. The van der Waals surface area contributed by atoms with Gasteiger partial charge in [-0.25, -0.2) is 0 Å². The lowest BCUT2D eigenvalue weighted by Crippen LogP contribution is -2.31. The molecule has 1 amide bonds. The number of hydrogen-bond donors (Lipinski definition) is 2. The first kappa shape index (κ1) is 14.9. The van der Waals surface area contributed by atoms with E-state index in [0.717, 1.165) is 18.6 Å². The molecule has 0 saturated carbocycles. The number of ether oxygens (including phenoxy) is 1. The van der Waals surface area contributed by atoms with Gasteiger partial charge in [0.15, 0.2) is 6.61 Å². The molecule has 0 heterocycles. The fourth-order valence-corrected chi connectivity index (χ4v) is 2.50. The minimum absolute atomic E-state index is 0.0627. The van der Waals surface area contributed by atoms with Crippen LogP contribution in [0.15, 0.2) is 18.2 Å². The van der Waals surface area contributed by atoms with Crippen molar-refractivity contribution in [3.8, 4) is 5.75 Å². The number of hydrogen-bond acceptors (Lipinski definition) is 3. The molecule has 0 saturated heterocycles. The lowest BCUT2D eigenvalue weighted by molar-refractivity contribution is -0.123. The van der Waals surface area contributed by atoms with Gasteiger partial charge in [-0.1, -0.05) is 19.9 Å². The normalized spacial score (nSPS) is 17.1. The molecule has 20 heavy (non-hydrogen) atoms. The molecule has 0 bridgehead atoms. The molecule has 0 aliphatic heterocycles. The molecule has 4 heteroatoms. The van der Waals surface area contributed by atoms with Crippen LogP contribution in [0.4, 0.5) is 0 Å². The van der Waals surface area contributed by atoms with Gasteiger partial charge in [-0.3, -0.25) is 4.79 Å². The van der Waals surface area contributed by atoms with Crippen LogP contribution >= 0.6 is 0 Å². The van der Waals surface area contributed by atoms with Crippen LogP contribution in [0.5, 0.6) is 5.75 Å². The van der Waals surface area contributed by atoms with E-state index in [1.807, 2.05) is 13.1 Å². The van der Waals surface area contributed by atoms with Crippen LogP contribution in [-0.4, -0.2) is 26.1 Å². The third-order valence-electron chi connectivity index (χ3n) is 3.62. The van der Waals surface area contributed by atoms with Gasteiger partial charge in [0.2, 0.25) is 0 Å². The Balaban J connectivity index is 1.87. The molecule has 1 aromatic rings. The number of nitrogens with one attached hydrogen (secondary N) is 2. The monoisotopic (exact) mass is 276 g/mol. The second-order valence-corrected chi connectivity index (χ2v) is 5.73. The van der Waals surface area contributed by atoms with E-state index >= 15 is 0 Å². The Bertz CT molecular complexity index is 472. The van der Waals surface area contributed by atoms with E-state index in [4.69, 9.17) is 4.74 Å². The van der Waals surface area contributed by atoms with Gasteiger partial charge < -0.3 is 15.4 Å². The molecule has 1 aliphatic rings. The summed E-state index contributed by atoms with van der Waals surface area (Å²) in [6.07, 6.45) is 2.20. The van der Waals surface area contributed by atoms with Crippen molar-refractivity contribution in [2.45, 2.75) is 32.7 Å². The lowest BCUT2D eigenvalue weighted by atomic mass is 10.1. The first-order valence-corrected chi connectivity index (χ1v) is 7.29. The summed E-state index contributed by atoms with van der Waals surface area (Å²) in [5, 5.41) is 6.16. The molecule has 0 radical (unpaired) electrons. The average Bonchev–Trinajstić information content (AvgIpc) is 2.85. The number of benzene rings is 1. The van der Waals surface area contributed by atoms with Gasteiger partial charge in [-0.15, -0.1) is 0 Å². The van der Waals surface area contributed by atoms with Crippen LogP contribution in [0.2, 0.25) is 0 Å². The topological polar surface area (TPSA) is 50.4 Å². The summed E-state index contributed by atoms with van der Waals surface area (Å²) in [5.41, 5.74) is 2.67. The van der Waals surface area contributed by atoms with Crippen molar-refractivity contribution in [1.29, 1.82) is 0 Å². The van der Waals surface area contributed by atoms with Crippen LogP contribution in [0.3, 0.4) is 0 Å². The predicted octanol–water partition coefficient (Wildman–Crippen LogP) is 2.04. The molecular formula is C16H24N2O2. The maximum absolute atomic E-state index is 11.6. The Morgan fingerprint density at radius 3 is 2.95 bits per heavy atom. The Morgan fingerprint density at radius 1 is 1.45 bits per heavy atom. The van der Waals surface area contributed by atoms with E-state index in [9.17, 15) is 4.79 Å². The largest absolute Gasteiger partial charge is 0.484 e. The van der Waals surface area contributed by atoms with Crippen LogP contribution < -0.4 is 15.4 Å². The summed E-state index contributed by atoms with van der Waals surface area (Å²) < 4.78 is 5.56. The van der Waals surface area contributed by atoms with Crippen LogP contribution in [0.1, 0.15) is 37.4 Å². The molecule has 1 atom stereocenters. The second-order valence-electron chi connectivity index (χ2n) is 5.73. The lowest BCUT2D eigenvalue weighted by Gasteiger charge is -2.12. The molecular weight excluding hydrogens is 252 g/mol. The van der Waals surface area contributed by atoms with Gasteiger partial charge in [-0.05, 0) is 49.1 Å². The Kier molecular flexibility index (Phi) is 5.01. The number of carbonyl (C=O) groups excluding carboxylic acids is 1. The van der Waals surface area contributed by atoms with Crippen LogP contribution in [0.25, 0.3) is 0 Å². The summed E-state index contributed by atoms with van der Waals surface area (Å²) in [4.78, 5) is 11.6. The zero-order chi connectivity index (χ0) is 14.5. The molecule has 110 valence electrons. The van der Waals surface area contributed by atoms with Crippen molar-refractivity contribution >= 4 is 5.91 Å². The fourth-order valence-electron chi connectivity index (χ4n) is 2.50. The predicted molar refractivity (Wildman–Crippen MR) is 79.9 cm³/mol. The molecule has 2 N–H and O–H groups in total. The van der Waals surface area contributed by atoms with Crippen molar-refractivity contribution in [3.63, 3.8) is 0 Å². The molecule has 1 aromatic carbocycles. The number of rotatable bonds is 6. The Hall–Kier alpha value is -1.55. The van der Waals surface area contributed by atoms with Crippen molar-refractivity contribution in [2.24, 2.45) is 5.92 Å². The van der Waals surface area contributed by atoms with Gasteiger partial charge in [0.05, 0.1) is 0 Å². The Labute approximate surface area is 120 Å². The highest BCUT2D eigenvalue weighted by molar-refractivity contribution is 5.77. The zero-order valence-corrected chi connectivity index (χ0v) is 12.5. The summed E-state index contributed by atoms with van der Waals surface area (Å²) in [6.45, 7) is 4.91. The summed E-state index contributed by atoms with van der Waals surface area (Å²) in [5.74, 6) is 1.17. The average molecular weight is 276 g/mol. The van der Waals surface area contributed by atoms with Crippen molar-refractivity contribution in [1.82, 2.24) is 10.6 Å². The van der Waals surface area contributed by atoms with E-state index in [1.165, 1.54) is 11.1 Å². The van der Waals surface area contributed by atoms with Crippen molar-refractivity contribution in [3.05, 3.63) is 29.3 Å². The minimum Gasteiger partial charge on any atom is -0.484 e. The summed E-state index contributed by atoms with van der Waals surface area (Å²) >= 11 is 0. The van der Waals surface area contributed by atoms with E-state index < -0.39 is 0 Å². The minimum atomic E-state index is -0.0627. The molecule has 1 unspecified atom stereocenters. The highest BCUT2D eigenvalue weighted by Gasteiger charge is 2.21. The number of fused-ring (bicyclic) bond motifs is 1. The zero-order valence-electron chi connectivity index (χ0n) is 12.5. The molecule has 1 aliphatic carbocycles. The summed E-state index contributed by atoms with van der Waals surface area (Å²) in [6, 6.07) is 6.56. The first-order valence-electron chi connectivity index (χ1n) is 7.29. The molecule has 0 aromatic heterocycles. The third-order valence-corrected chi connectivity index (χ3v) is 3.62.